The van der Waals surface area contributed by atoms with E-state index in [2.05, 4.69) is 83.7 Å². The van der Waals surface area contributed by atoms with E-state index in [0.717, 1.165) is 0 Å². The molecule has 0 N–H and O–H groups in total. The fourth-order valence-corrected chi connectivity index (χ4v) is 3.77. The molecule has 0 amide bonds. The van der Waals surface area contributed by atoms with Gasteiger partial charge in [0.25, 0.3) is 0 Å². The van der Waals surface area contributed by atoms with Gasteiger partial charge in [-0.05, 0) is 25.7 Å². The Hall–Kier alpha value is -1.58. The Morgan fingerprint density at radius 3 is 1.13 bits per heavy atom. The van der Waals surface area contributed by atoms with E-state index in [1.54, 1.807) is 0 Å². The SMILES string of the molecule is CCCCCCCCCCn1cc[n+](C)c1.CCCCCCCCn1cc[n+](C)c1. The smallest absolute Gasteiger partial charge is 0.240 e. The molecule has 0 atom stereocenters. The van der Waals surface area contributed by atoms with E-state index >= 15 is 0 Å². The molecular weight excluding hydrogens is 368 g/mol. The summed E-state index contributed by atoms with van der Waals surface area (Å²) in [5, 5.41) is 0. The molecule has 0 unspecified atom stereocenters. The molecule has 0 saturated heterocycles. The summed E-state index contributed by atoms with van der Waals surface area (Å²) in [6, 6.07) is 0. The van der Waals surface area contributed by atoms with Gasteiger partial charge in [-0.15, -0.1) is 0 Å². The highest BCUT2D eigenvalue weighted by Gasteiger charge is 2.00. The number of nitrogens with zero attached hydrogens (tertiary/aromatic N) is 4. The average Bonchev–Trinajstić information content (AvgIpc) is 3.35. The largest absolute Gasteiger partial charge is 0.243 e. The zero-order valence-electron chi connectivity index (χ0n) is 20.6. The molecule has 2 aromatic heterocycles. The topological polar surface area (TPSA) is 17.6 Å². The lowest BCUT2D eigenvalue weighted by atomic mass is 10.1. The maximum atomic E-state index is 2.27. The van der Waals surface area contributed by atoms with E-state index in [0.29, 0.717) is 0 Å². The third kappa shape index (κ3) is 14.4. The summed E-state index contributed by atoms with van der Waals surface area (Å²) in [6.07, 6.45) is 32.2. The highest BCUT2D eigenvalue weighted by molar-refractivity contribution is 4.66. The van der Waals surface area contributed by atoms with Gasteiger partial charge in [0.15, 0.2) is 0 Å². The Kier molecular flexibility index (Phi) is 16.1. The fraction of sp³-hybridized carbons (Fsp3) is 0.769. The Morgan fingerprint density at radius 1 is 0.500 bits per heavy atom. The quantitative estimate of drug-likeness (QED) is 0.231. The minimum atomic E-state index is 1.17. The first-order valence-electron chi connectivity index (χ1n) is 12.7. The van der Waals surface area contributed by atoms with Crippen LogP contribution in [0.1, 0.15) is 104 Å². The summed E-state index contributed by atoms with van der Waals surface area (Å²) in [6.45, 7) is 6.89. The summed E-state index contributed by atoms with van der Waals surface area (Å²) in [5.74, 6) is 0. The molecule has 0 saturated carbocycles. The second-order valence-electron chi connectivity index (χ2n) is 8.88. The highest BCUT2D eigenvalue weighted by Crippen LogP contribution is 2.09. The first-order valence-corrected chi connectivity index (χ1v) is 12.7. The molecule has 4 heteroatoms. The zero-order valence-corrected chi connectivity index (χ0v) is 20.6. The standard InChI is InChI=1S/C14H27N2.C12H23N2/c1-3-4-5-6-7-8-9-10-11-16-13-12-15(2)14-16;1-3-4-5-6-7-8-9-14-11-10-13(2)12-14/h12-14H,3-11H2,1-2H3;10-12H,3-9H2,1-2H3/q2*+1. The number of hydrogen-bond donors (Lipinski definition) is 0. The molecule has 0 aliphatic carbocycles. The van der Waals surface area contributed by atoms with Gasteiger partial charge in [0.1, 0.15) is 24.8 Å². The van der Waals surface area contributed by atoms with Crippen LogP contribution in [0.25, 0.3) is 0 Å². The summed E-state index contributed by atoms with van der Waals surface area (Å²) < 4.78 is 8.73. The van der Waals surface area contributed by atoms with Crippen molar-refractivity contribution in [2.45, 2.75) is 117 Å². The monoisotopic (exact) mass is 418 g/mol. The van der Waals surface area contributed by atoms with Crippen molar-refractivity contribution in [3.63, 3.8) is 0 Å². The molecule has 2 aromatic rings. The number of aryl methyl sites for hydroxylation is 4. The van der Waals surface area contributed by atoms with Crippen molar-refractivity contribution in [3.8, 4) is 0 Å². The van der Waals surface area contributed by atoms with E-state index in [1.807, 2.05) is 0 Å². The van der Waals surface area contributed by atoms with Crippen molar-refractivity contribution < 1.29 is 9.13 Å². The van der Waals surface area contributed by atoms with Crippen LogP contribution in [0.5, 0.6) is 0 Å². The minimum absolute atomic E-state index is 1.17. The first-order chi connectivity index (χ1) is 14.7. The van der Waals surface area contributed by atoms with Crippen LogP contribution in [0.3, 0.4) is 0 Å². The van der Waals surface area contributed by atoms with Gasteiger partial charge in [0.05, 0.1) is 27.2 Å². The molecule has 172 valence electrons. The van der Waals surface area contributed by atoms with Crippen molar-refractivity contribution in [2.24, 2.45) is 14.1 Å². The molecule has 2 heterocycles. The van der Waals surface area contributed by atoms with Crippen LogP contribution in [0.4, 0.5) is 0 Å². The van der Waals surface area contributed by atoms with Gasteiger partial charge < -0.3 is 0 Å². The van der Waals surface area contributed by atoms with Crippen LogP contribution >= 0.6 is 0 Å². The maximum Gasteiger partial charge on any atom is 0.243 e. The number of aromatic nitrogens is 4. The van der Waals surface area contributed by atoms with Crippen molar-refractivity contribution in [1.29, 1.82) is 0 Å². The van der Waals surface area contributed by atoms with Crippen LogP contribution in [0.15, 0.2) is 37.4 Å². The lowest BCUT2D eigenvalue weighted by Crippen LogP contribution is -2.23. The van der Waals surface area contributed by atoms with E-state index in [-0.39, 0.29) is 0 Å². The number of unbranched alkanes of at least 4 members (excludes halogenated alkanes) is 12. The Labute approximate surface area is 186 Å². The van der Waals surface area contributed by atoms with Crippen LogP contribution in [0, 0.1) is 0 Å². The second-order valence-corrected chi connectivity index (χ2v) is 8.88. The molecule has 2 rings (SSSR count). The van der Waals surface area contributed by atoms with Gasteiger partial charge in [-0.1, -0.05) is 78.1 Å². The van der Waals surface area contributed by atoms with Gasteiger partial charge in [0.2, 0.25) is 12.7 Å². The first kappa shape index (κ1) is 26.5. The second kappa shape index (κ2) is 18.2. The van der Waals surface area contributed by atoms with Crippen LogP contribution in [0.2, 0.25) is 0 Å². The van der Waals surface area contributed by atoms with Gasteiger partial charge in [0, 0.05) is 0 Å². The molecule has 0 aliphatic heterocycles. The van der Waals surface area contributed by atoms with Crippen molar-refractivity contribution in [1.82, 2.24) is 9.13 Å². The van der Waals surface area contributed by atoms with E-state index in [1.165, 1.54) is 103 Å². The van der Waals surface area contributed by atoms with E-state index in [9.17, 15) is 0 Å². The van der Waals surface area contributed by atoms with Gasteiger partial charge >= 0.3 is 0 Å². The van der Waals surface area contributed by atoms with Gasteiger partial charge in [-0.2, -0.15) is 0 Å². The predicted octanol–water partition coefficient (Wildman–Crippen LogP) is 6.13. The molecule has 4 nitrogen and oxygen atoms in total. The molecule has 0 bridgehead atoms. The molecule has 30 heavy (non-hydrogen) atoms. The number of rotatable bonds is 16. The Bertz CT molecular complexity index is 614. The Morgan fingerprint density at radius 2 is 0.833 bits per heavy atom. The van der Waals surface area contributed by atoms with Crippen molar-refractivity contribution in [2.75, 3.05) is 0 Å². The number of hydrogen-bond acceptors (Lipinski definition) is 0. The lowest BCUT2D eigenvalue weighted by Gasteiger charge is -2.00. The third-order valence-electron chi connectivity index (χ3n) is 5.69. The fourth-order valence-electron chi connectivity index (χ4n) is 3.77. The predicted molar refractivity (Wildman–Crippen MR) is 127 cm³/mol. The van der Waals surface area contributed by atoms with Crippen molar-refractivity contribution in [3.05, 3.63) is 37.4 Å². The molecule has 0 radical (unpaired) electrons. The molecular formula is C26H50N4+2. The molecule has 0 aromatic carbocycles. The zero-order chi connectivity index (χ0) is 21.9. The molecule has 0 aliphatic rings. The molecule has 0 spiro atoms. The lowest BCUT2D eigenvalue weighted by molar-refractivity contribution is -0.671. The Balaban J connectivity index is 0.000000303. The van der Waals surface area contributed by atoms with Gasteiger partial charge in [-0.25, -0.2) is 18.3 Å². The summed E-state index contributed by atoms with van der Waals surface area (Å²) >= 11 is 0. The van der Waals surface area contributed by atoms with Gasteiger partial charge in [-0.3, -0.25) is 0 Å². The van der Waals surface area contributed by atoms with Crippen LogP contribution < -0.4 is 9.13 Å². The van der Waals surface area contributed by atoms with Crippen molar-refractivity contribution >= 4 is 0 Å². The normalized spacial score (nSPS) is 10.8. The van der Waals surface area contributed by atoms with E-state index in [4.69, 9.17) is 0 Å². The summed E-state index contributed by atoms with van der Waals surface area (Å²) in [7, 11) is 4.14. The minimum Gasteiger partial charge on any atom is -0.240 e. The van der Waals surface area contributed by atoms with Crippen LogP contribution in [-0.4, -0.2) is 9.13 Å². The summed E-state index contributed by atoms with van der Waals surface area (Å²) in [4.78, 5) is 0. The number of imidazole rings is 2. The maximum absolute atomic E-state index is 2.27. The van der Waals surface area contributed by atoms with E-state index < -0.39 is 0 Å². The average molecular weight is 419 g/mol. The molecule has 0 fully saturated rings. The van der Waals surface area contributed by atoms with Crippen LogP contribution in [-0.2, 0) is 27.2 Å². The highest BCUT2D eigenvalue weighted by atomic mass is 15.1. The third-order valence-corrected chi connectivity index (χ3v) is 5.69. The summed E-state index contributed by atoms with van der Waals surface area (Å²) in [5.41, 5.74) is 0.